The maximum atomic E-state index is 12.2. The average molecular weight is 304 g/mol. The lowest BCUT2D eigenvalue weighted by Gasteiger charge is -2.17. The van der Waals surface area contributed by atoms with Crippen LogP contribution in [0.1, 0.15) is 18.1 Å². The zero-order valence-electron chi connectivity index (χ0n) is 12.3. The Morgan fingerprint density at radius 2 is 1.86 bits per heavy atom. The third kappa shape index (κ3) is 3.99. The molecule has 1 amide bonds. The number of para-hydroxylation sites is 1. The monoisotopic (exact) mass is 303 g/mol. The molecule has 0 bridgehead atoms. The van der Waals surface area contributed by atoms with Crippen molar-refractivity contribution >= 4 is 23.2 Å². The van der Waals surface area contributed by atoms with E-state index in [0.717, 1.165) is 11.1 Å². The summed E-state index contributed by atoms with van der Waals surface area (Å²) in [4.78, 5) is 12.2. The van der Waals surface area contributed by atoms with Crippen LogP contribution in [-0.4, -0.2) is 12.0 Å². The van der Waals surface area contributed by atoms with Crippen molar-refractivity contribution in [1.29, 1.82) is 0 Å². The lowest BCUT2D eigenvalue weighted by Crippen LogP contribution is -2.30. The van der Waals surface area contributed by atoms with Crippen LogP contribution in [0.2, 0.25) is 5.02 Å². The molecule has 2 aromatic carbocycles. The van der Waals surface area contributed by atoms with Crippen molar-refractivity contribution in [3.05, 3.63) is 58.6 Å². The number of benzene rings is 2. The summed E-state index contributed by atoms with van der Waals surface area (Å²) in [6, 6.07) is 13.0. The van der Waals surface area contributed by atoms with Crippen LogP contribution in [0.3, 0.4) is 0 Å². The first-order valence-corrected chi connectivity index (χ1v) is 7.14. The van der Waals surface area contributed by atoms with Crippen LogP contribution in [0.15, 0.2) is 42.5 Å². The predicted molar refractivity (Wildman–Crippen MR) is 86.1 cm³/mol. The maximum Gasteiger partial charge on any atom is 0.265 e. The van der Waals surface area contributed by atoms with Gasteiger partial charge in [0.15, 0.2) is 6.10 Å². The smallest absolute Gasteiger partial charge is 0.265 e. The Balaban J connectivity index is 2.06. The van der Waals surface area contributed by atoms with E-state index in [-0.39, 0.29) is 5.91 Å². The van der Waals surface area contributed by atoms with Crippen molar-refractivity contribution in [2.24, 2.45) is 0 Å². The topological polar surface area (TPSA) is 38.3 Å². The summed E-state index contributed by atoms with van der Waals surface area (Å²) in [5.41, 5.74) is 2.65. The predicted octanol–water partition coefficient (Wildman–Crippen LogP) is 4.36. The number of nitrogens with one attached hydrogen (secondary N) is 1. The molecule has 1 atom stereocenters. The second-order valence-corrected chi connectivity index (χ2v) is 5.41. The Kier molecular flexibility index (Phi) is 4.86. The van der Waals surface area contributed by atoms with Gasteiger partial charge in [-0.15, -0.1) is 0 Å². The molecule has 0 aromatic heterocycles. The quantitative estimate of drug-likeness (QED) is 0.911. The van der Waals surface area contributed by atoms with Gasteiger partial charge in [0.2, 0.25) is 0 Å². The fourth-order valence-electron chi connectivity index (χ4n) is 1.90. The highest BCUT2D eigenvalue weighted by atomic mass is 35.5. The highest BCUT2D eigenvalue weighted by Gasteiger charge is 2.16. The summed E-state index contributed by atoms with van der Waals surface area (Å²) in [5, 5.41) is 3.43. The standard InChI is InChI=1S/C17H18ClNO2/c1-11-8-9-14(18)10-15(11)19-17(20)13(3)21-16-7-5-4-6-12(16)2/h4-10,13H,1-3H3,(H,19,20). The van der Waals surface area contributed by atoms with E-state index >= 15 is 0 Å². The van der Waals surface area contributed by atoms with Gasteiger partial charge in [-0.1, -0.05) is 35.9 Å². The normalized spacial score (nSPS) is 11.8. The Bertz CT molecular complexity index is 655. The van der Waals surface area contributed by atoms with Gasteiger partial charge in [0.1, 0.15) is 5.75 Å². The highest BCUT2D eigenvalue weighted by Crippen LogP contribution is 2.21. The zero-order chi connectivity index (χ0) is 15.4. The molecule has 0 spiro atoms. The minimum atomic E-state index is -0.593. The fraction of sp³-hybridized carbons (Fsp3) is 0.235. The molecule has 1 N–H and O–H groups in total. The van der Waals surface area contributed by atoms with E-state index < -0.39 is 6.10 Å². The fourth-order valence-corrected chi connectivity index (χ4v) is 2.07. The van der Waals surface area contributed by atoms with Crippen LogP contribution in [0.5, 0.6) is 5.75 Å². The van der Waals surface area contributed by atoms with Crippen LogP contribution in [0, 0.1) is 13.8 Å². The number of halogens is 1. The molecule has 0 heterocycles. The third-order valence-corrected chi connectivity index (χ3v) is 3.46. The van der Waals surface area contributed by atoms with Gasteiger partial charge in [-0.25, -0.2) is 0 Å². The van der Waals surface area contributed by atoms with Gasteiger partial charge in [-0.05, 0) is 50.1 Å². The number of carbonyl (C=O) groups is 1. The molecule has 3 nitrogen and oxygen atoms in total. The second-order valence-electron chi connectivity index (χ2n) is 4.97. The van der Waals surface area contributed by atoms with Gasteiger partial charge < -0.3 is 10.1 Å². The summed E-state index contributed by atoms with van der Waals surface area (Å²) in [6.45, 7) is 5.58. The number of carbonyl (C=O) groups excluding carboxylic acids is 1. The molecule has 110 valence electrons. The lowest BCUT2D eigenvalue weighted by molar-refractivity contribution is -0.122. The first-order valence-electron chi connectivity index (χ1n) is 6.76. The van der Waals surface area contributed by atoms with Crippen LogP contribution >= 0.6 is 11.6 Å². The number of hydrogen-bond acceptors (Lipinski definition) is 2. The minimum absolute atomic E-state index is 0.205. The molecule has 0 saturated heterocycles. The molecular formula is C17H18ClNO2. The third-order valence-electron chi connectivity index (χ3n) is 3.22. The minimum Gasteiger partial charge on any atom is -0.481 e. The first kappa shape index (κ1) is 15.4. The number of aryl methyl sites for hydroxylation is 2. The van der Waals surface area contributed by atoms with Crippen molar-refractivity contribution in [2.45, 2.75) is 26.9 Å². The van der Waals surface area contributed by atoms with Gasteiger partial charge >= 0.3 is 0 Å². The summed E-state index contributed by atoms with van der Waals surface area (Å²) < 4.78 is 5.70. The molecule has 0 aliphatic heterocycles. The average Bonchev–Trinajstić information content (AvgIpc) is 2.45. The Hall–Kier alpha value is -2.00. The molecule has 0 aliphatic carbocycles. The van der Waals surface area contributed by atoms with E-state index in [0.29, 0.717) is 16.5 Å². The van der Waals surface area contributed by atoms with Crippen molar-refractivity contribution in [3.8, 4) is 5.75 Å². The van der Waals surface area contributed by atoms with Gasteiger partial charge in [0.05, 0.1) is 0 Å². The first-order chi connectivity index (χ1) is 9.97. The van der Waals surface area contributed by atoms with Gasteiger partial charge in [0, 0.05) is 10.7 Å². The second kappa shape index (κ2) is 6.64. The van der Waals surface area contributed by atoms with Crippen LogP contribution in [0.25, 0.3) is 0 Å². The van der Waals surface area contributed by atoms with Crippen molar-refractivity contribution in [1.82, 2.24) is 0 Å². The molecular weight excluding hydrogens is 286 g/mol. The molecule has 21 heavy (non-hydrogen) atoms. The van der Waals surface area contributed by atoms with E-state index in [2.05, 4.69) is 5.32 Å². The Morgan fingerprint density at radius 1 is 1.14 bits per heavy atom. The Morgan fingerprint density at radius 3 is 2.57 bits per heavy atom. The van der Waals surface area contributed by atoms with E-state index in [1.54, 1.807) is 19.1 Å². The number of ether oxygens (including phenoxy) is 1. The molecule has 0 radical (unpaired) electrons. The lowest BCUT2D eigenvalue weighted by atomic mass is 10.2. The number of hydrogen-bond donors (Lipinski definition) is 1. The molecule has 0 fully saturated rings. The summed E-state index contributed by atoms with van der Waals surface area (Å²) in [6.07, 6.45) is -0.593. The van der Waals surface area contributed by atoms with E-state index in [1.807, 2.05) is 44.2 Å². The van der Waals surface area contributed by atoms with E-state index in [4.69, 9.17) is 16.3 Å². The molecule has 2 rings (SSSR count). The Labute approximate surface area is 129 Å². The van der Waals surface area contributed by atoms with Crippen LogP contribution in [-0.2, 0) is 4.79 Å². The zero-order valence-corrected chi connectivity index (χ0v) is 13.1. The molecule has 1 unspecified atom stereocenters. The summed E-state index contributed by atoms with van der Waals surface area (Å²) in [5.74, 6) is 0.506. The van der Waals surface area contributed by atoms with Gasteiger partial charge in [-0.3, -0.25) is 4.79 Å². The van der Waals surface area contributed by atoms with Gasteiger partial charge in [0.25, 0.3) is 5.91 Å². The summed E-state index contributed by atoms with van der Waals surface area (Å²) >= 11 is 5.95. The van der Waals surface area contributed by atoms with Gasteiger partial charge in [-0.2, -0.15) is 0 Å². The number of amides is 1. The summed E-state index contributed by atoms with van der Waals surface area (Å²) in [7, 11) is 0. The van der Waals surface area contributed by atoms with Crippen molar-refractivity contribution in [2.75, 3.05) is 5.32 Å². The van der Waals surface area contributed by atoms with Crippen molar-refractivity contribution < 1.29 is 9.53 Å². The van der Waals surface area contributed by atoms with E-state index in [1.165, 1.54) is 0 Å². The van der Waals surface area contributed by atoms with E-state index in [9.17, 15) is 4.79 Å². The number of anilines is 1. The molecule has 4 heteroatoms. The van der Waals surface area contributed by atoms with Crippen LogP contribution in [0.4, 0.5) is 5.69 Å². The molecule has 2 aromatic rings. The highest BCUT2D eigenvalue weighted by molar-refractivity contribution is 6.31. The number of rotatable bonds is 4. The van der Waals surface area contributed by atoms with Crippen LogP contribution < -0.4 is 10.1 Å². The van der Waals surface area contributed by atoms with Crippen molar-refractivity contribution in [3.63, 3.8) is 0 Å². The molecule has 0 saturated carbocycles. The SMILES string of the molecule is Cc1ccc(Cl)cc1NC(=O)C(C)Oc1ccccc1C. The largest absolute Gasteiger partial charge is 0.481 e. The molecule has 0 aliphatic rings. The maximum absolute atomic E-state index is 12.2.